The van der Waals surface area contributed by atoms with Crippen LogP contribution in [0.4, 0.5) is 5.95 Å². The van der Waals surface area contributed by atoms with Gasteiger partial charge >= 0.3 is 0 Å². The van der Waals surface area contributed by atoms with Crippen molar-refractivity contribution in [3.63, 3.8) is 0 Å². The van der Waals surface area contributed by atoms with Crippen LogP contribution in [0.25, 0.3) is 0 Å². The number of H-pyrrole nitrogens is 1. The number of morpholine rings is 1. The number of hydrogen-bond acceptors (Lipinski definition) is 6. The van der Waals surface area contributed by atoms with Gasteiger partial charge < -0.3 is 19.4 Å². The molecule has 9 heteroatoms. The van der Waals surface area contributed by atoms with Gasteiger partial charge in [0.1, 0.15) is 0 Å². The second-order valence-electron chi connectivity index (χ2n) is 9.10. The molecule has 1 atom stereocenters. The number of ether oxygens (including phenoxy) is 1. The number of nitrogens with one attached hydrogen (secondary N) is 1. The fourth-order valence-corrected chi connectivity index (χ4v) is 5.49. The molecule has 30 heavy (non-hydrogen) atoms. The van der Waals surface area contributed by atoms with Crippen molar-refractivity contribution in [2.75, 3.05) is 57.9 Å². The van der Waals surface area contributed by atoms with Crippen LogP contribution >= 0.6 is 0 Å². The summed E-state index contributed by atoms with van der Waals surface area (Å²) in [6.45, 7) is 4.57. The first-order valence-corrected chi connectivity index (χ1v) is 11.0. The van der Waals surface area contributed by atoms with E-state index in [-0.39, 0.29) is 28.7 Å². The minimum Gasteiger partial charge on any atom is -0.378 e. The summed E-state index contributed by atoms with van der Waals surface area (Å²) in [5.41, 5.74) is 1.61. The van der Waals surface area contributed by atoms with E-state index < -0.39 is 0 Å². The Morgan fingerprint density at radius 1 is 1.13 bits per heavy atom. The van der Waals surface area contributed by atoms with Gasteiger partial charge in [-0.25, -0.2) is 4.98 Å². The predicted molar refractivity (Wildman–Crippen MR) is 109 cm³/mol. The van der Waals surface area contributed by atoms with E-state index >= 15 is 0 Å². The lowest BCUT2D eigenvalue weighted by atomic mass is 9.76. The van der Waals surface area contributed by atoms with E-state index in [1.54, 1.807) is 11.9 Å². The van der Waals surface area contributed by atoms with E-state index in [2.05, 4.69) is 9.88 Å². The average molecular weight is 415 g/mol. The molecule has 3 aliphatic heterocycles. The Morgan fingerprint density at radius 2 is 1.87 bits per heavy atom. The largest absolute Gasteiger partial charge is 0.378 e. The number of carbonyl (C=O) groups excluding carboxylic acids is 2. The van der Waals surface area contributed by atoms with Crippen molar-refractivity contribution >= 4 is 17.8 Å². The van der Waals surface area contributed by atoms with Gasteiger partial charge in [0.15, 0.2) is 0 Å². The van der Waals surface area contributed by atoms with Crippen LogP contribution in [0.1, 0.15) is 36.9 Å². The number of hydrogen-bond donors (Lipinski definition) is 1. The van der Waals surface area contributed by atoms with Crippen molar-refractivity contribution in [2.24, 2.45) is 5.92 Å². The molecule has 1 spiro atoms. The van der Waals surface area contributed by atoms with Crippen LogP contribution in [0.5, 0.6) is 0 Å². The smallest absolute Gasteiger partial charge is 0.255 e. The molecule has 3 saturated heterocycles. The van der Waals surface area contributed by atoms with Crippen LogP contribution in [-0.2, 0) is 26.2 Å². The van der Waals surface area contributed by atoms with E-state index in [0.29, 0.717) is 45.2 Å². The lowest BCUT2D eigenvalue weighted by molar-refractivity contribution is -0.137. The highest BCUT2D eigenvalue weighted by molar-refractivity contribution is 5.89. The summed E-state index contributed by atoms with van der Waals surface area (Å²) >= 11 is 0. The Hall–Kier alpha value is -2.42. The third kappa shape index (κ3) is 3.19. The van der Waals surface area contributed by atoms with E-state index in [4.69, 9.17) is 9.72 Å². The number of aromatic amines is 1. The highest BCUT2D eigenvalue weighted by Gasteiger charge is 2.46. The molecule has 1 aliphatic carbocycles. The molecule has 9 nitrogen and oxygen atoms in total. The number of nitrogens with zero attached hydrogens (tertiary/aromatic N) is 4. The number of piperidine rings is 1. The van der Waals surface area contributed by atoms with E-state index in [9.17, 15) is 14.4 Å². The number of fused-ring (bicyclic) bond motifs is 2. The molecule has 1 unspecified atom stereocenters. The standard InChI is InChI=1S/C21H29N5O4/c1-24-13-14(12-16(24)27)19(29)25-6-4-21(5-7-25)3-2-15-17(21)22-20(23-18(15)28)26-8-10-30-11-9-26/h14H,2-13H2,1H3,(H,22,23,28). The molecule has 4 heterocycles. The molecule has 3 fully saturated rings. The summed E-state index contributed by atoms with van der Waals surface area (Å²) in [4.78, 5) is 51.0. The zero-order chi connectivity index (χ0) is 20.9. The summed E-state index contributed by atoms with van der Waals surface area (Å²) in [7, 11) is 1.76. The summed E-state index contributed by atoms with van der Waals surface area (Å²) in [6.07, 6.45) is 3.62. The van der Waals surface area contributed by atoms with Crippen molar-refractivity contribution < 1.29 is 14.3 Å². The summed E-state index contributed by atoms with van der Waals surface area (Å²) in [5, 5.41) is 0. The molecule has 4 aliphatic rings. The predicted octanol–water partition coefficient (Wildman–Crippen LogP) is -0.109. The zero-order valence-electron chi connectivity index (χ0n) is 17.5. The van der Waals surface area contributed by atoms with Crippen LogP contribution in [0.15, 0.2) is 4.79 Å². The topological polar surface area (TPSA) is 98.8 Å². The van der Waals surface area contributed by atoms with Crippen LogP contribution < -0.4 is 10.5 Å². The summed E-state index contributed by atoms with van der Waals surface area (Å²) in [5.74, 6) is 0.565. The fourth-order valence-electron chi connectivity index (χ4n) is 5.49. The van der Waals surface area contributed by atoms with Crippen molar-refractivity contribution in [1.29, 1.82) is 0 Å². The number of anilines is 1. The van der Waals surface area contributed by atoms with E-state index in [0.717, 1.165) is 50.0 Å². The Kier molecular flexibility index (Phi) is 4.80. The van der Waals surface area contributed by atoms with E-state index in [1.165, 1.54) is 0 Å². The van der Waals surface area contributed by atoms with Gasteiger partial charge in [-0.05, 0) is 25.7 Å². The first kappa shape index (κ1) is 19.5. The van der Waals surface area contributed by atoms with Crippen LogP contribution in [0, 0.1) is 5.92 Å². The van der Waals surface area contributed by atoms with Crippen LogP contribution in [0.2, 0.25) is 0 Å². The summed E-state index contributed by atoms with van der Waals surface area (Å²) < 4.78 is 5.42. The molecular weight excluding hydrogens is 386 g/mol. The Morgan fingerprint density at radius 3 is 2.53 bits per heavy atom. The molecule has 2 amide bonds. The van der Waals surface area contributed by atoms with Gasteiger partial charge in [-0.15, -0.1) is 0 Å². The minimum atomic E-state index is -0.221. The highest BCUT2D eigenvalue weighted by atomic mass is 16.5. The van der Waals surface area contributed by atoms with Gasteiger partial charge in [0.25, 0.3) is 5.56 Å². The van der Waals surface area contributed by atoms with Gasteiger partial charge in [0.2, 0.25) is 17.8 Å². The first-order chi connectivity index (χ1) is 14.5. The number of likely N-dealkylation sites (tertiary alicyclic amines) is 2. The van der Waals surface area contributed by atoms with Crippen molar-refractivity contribution in [1.82, 2.24) is 19.8 Å². The quantitative estimate of drug-likeness (QED) is 0.724. The normalized spacial score (nSPS) is 25.8. The number of rotatable bonds is 2. The second-order valence-corrected chi connectivity index (χ2v) is 9.10. The van der Waals surface area contributed by atoms with Gasteiger partial charge in [-0.1, -0.05) is 0 Å². The maximum absolute atomic E-state index is 12.9. The SMILES string of the molecule is CN1CC(C(=O)N2CCC3(CCc4c3nc(N3CCOCC3)[nH]c4=O)CC2)CC1=O. The fraction of sp³-hybridized carbons (Fsp3) is 0.714. The maximum atomic E-state index is 12.9. The molecule has 1 aromatic heterocycles. The molecule has 0 radical (unpaired) electrons. The minimum absolute atomic E-state index is 0.0237. The van der Waals surface area contributed by atoms with Crippen molar-refractivity contribution in [3.05, 3.63) is 21.6 Å². The summed E-state index contributed by atoms with van der Waals surface area (Å²) in [6, 6.07) is 0. The lowest BCUT2D eigenvalue weighted by Crippen LogP contribution is -2.47. The van der Waals surface area contributed by atoms with Crippen molar-refractivity contribution in [2.45, 2.75) is 37.5 Å². The molecule has 1 N–H and O–H groups in total. The Balaban J connectivity index is 1.33. The molecule has 0 aromatic carbocycles. The van der Waals surface area contributed by atoms with Gasteiger partial charge in [-0.2, -0.15) is 0 Å². The number of carbonyl (C=O) groups is 2. The monoisotopic (exact) mass is 415 g/mol. The molecule has 0 saturated carbocycles. The van der Waals surface area contributed by atoms with E-state index in [1.807, 2.05) is 4.90 Å². The molecule has 5 rings (SSSR count). The first-order valence-electron chi connectivity index (χ1n) is 11.0. The average Bonchev–Trinajstić information content (AvgIpc) is 3.29. The van der Waals surface area contributed by atoms with Gasteiger partial charge in [0.05, 0.1) is 24.8 Å². The Labute approximate surface area is 175 Å². The van der Waals surface area contributed by atoms with Crippen LogP contribution in [-0.4, -0.2) is 84.6 Å². The molecule has 1 aromatic rings. The third-order valence-corrected chi connectivity index (χ3v) is 7.39. The van der Waals surface area contributed by atoms with Crippen molar-refractivity contribution in [3.8, 4) is 0 Å². The number of aromatic nitrogens is 2. The molecule has 0 bridgehead atoms. The van der Waals surface area contributed by atoms with Gasteiger partial charge in [0, 0.05) is 57.2 Å². The molecule has 162 valence electrons. The number of amides is 2. The second kappa shape index (κ2) is 7.37. The highest BCUT2D eigenvalue weighted by Crippen LogP contribution is 2.45. The van der Waals surface area contributed by atoms with Gasteiger partial charge in [-0.3, -0.25) is 19.4 Å². The third-order valence-electron chi connectivity index (χ3n) is 7.39. The van der Waals surface area contributed by atoms with Crippen LogP contribution in [0.3, 0.4) is 0 Å². The Bertz CT molecular complexity index is 914. The molecular formula is C21H29N5O4. The maximum Gasteiger partial charge on any atom is 0.255 e. The lowest BCUT2D eigenvalue weighted by Gasteiger charge is -2.40. The zero-order valence-corrected chi connectivity index (χ0v) is 17.5.